The highest BCUT2D eigenvalue weighted by Gasteiger charge is 2.23. The number of benzene rings is 1. The number of nitriles is 1. The third-order valence-corrected chi connectivity index (χ3v) is 5.61. The minimum atomic E-state index is -0.848. The zero-order chi connectivity index (χ0) is 24.8. The lowest BCUT2D eigenvalue weighted by Crippen LogP contribution is -2.35. The molecule has 0 saturated carbocycles. The van der Waals surface area contributed by atoms with Crippen molar-refractivity contribution < 1.29 is 9.18 Å². The van der Waals surface area contributed by atoms with E-state index in [2.05, 4.69) is 31.8 Å². The predicted molar refractivity (Wildman–Crippen MR) is 130 cm³/mol. The molecule has 1 unspecified atom stereocenters. The van der Waals surface area contributed by atoms with Crippen LogP contribution in [0.2, 0.25) is 0 Å². The largest absolute Gasteiger partial charge is 0.309 e. The van der Waals surface area contributed by atoms with Crippen molar-refractivity contribution in [2.75, 3.05) is 11.9 Å². The summed E-state index contributed by atoms with van der Waals surface area (Å²) in [6.45, 7) is 2.44. The number of anilines is 1. The van der Waals surface area contributed by atoms with Gasteiger partial charge < -0.3 is 10.6 Å². The van der Waals surface area contributed by atoms with Crippen LogP contribution in [0.15, 0.2) is 73.4 Å². The third-order valence-electron chi connectivity index (χ3n) is 5.61. The highest BCUT2D eigenvalue weighted by Crippen LogP contribution is 2.21. The van der Waals surface area contributed by atoms with Gasteiger partial charge in [0.1, 0.15) is 17.7 Å². The number of carbonyl (C=O) groups excluding carboxylic acids is 1. The molecule has 0 aliphatic heterocycles. The Balaban J connectivity index is 1.48. The van der Waals surface area contributed by atoms with Crippen LogP contribution in [-0.2, 0) is 11.8 Å². The van der Waals surface area contributed by atoms with Crippen molar-refractivity contribution >= 4 is 11.7 Å². The number of aromatic nitrogens is 4. The Morgan fingerprint density at radius 3 is 2.51 bits per heavy atom. The van der Waals surface area contributed by atoms with E-state index >= 15 is 0 Å². The summed E-state index contributed by atoms with van der Waals surface area (Å²) in [6, 6.07) is 13.4. The van der Waals surface area contributed by atoms with Gasteiger partial charge in [-0.15, -0.1) is 0 Å². The molecular weight excluding hydrogens is 445 g/mol. The molecule has 0 bridgehead atoms. The van der Waals surface area contributed by atoms with Crippen LogP contribution in [0.5, 0.6) is 0 Å². The zero-order valence-corrected chi connectivity index (χ0v) is 19.3. The molecule has 2 atom stereocenters. The lowest BCUT2D eigenvalue weighted by molar-refractivity contribution is -0.118. The molecule has 0 saturated heterocycles. The van der Waals surface area contributed by atoms with Crippen molar-refractivity contribution in [1.29, 1.82) is 5.26 Å². The standard InChI is InChI=1S/C26H24FN7O/c1-17(19-5-3-18(10-28)4-6-19)11-31-25(21-9-23(27)15-29-12-21)26(35)33-24-8-7-20(13-30-24)22-14-32-34(2)16-22/h3-9,12-17,25,31H,11H2,1-2H3,(H,30,33,35)/t17?,25-/m0/s1. The van der Waals surface area contributed by atoms with Gasteiger partial charge in [-0.2, -0.15) is 10.4 Å². The summed E-state index contributed by atoms with van der Waals surface area (Å²) in [5, 5.41) is 19.2. The molecule has 9 heteroatoms. The van der Waals surface area contributed by atoms with Gasteiger partial charge >= 0.3 is 0 Å². The fourth-order valence-corrected chi connectivity index (χ4v) is 3.65. The quantitative estimate of drug-likeness (QED) is 0.404. The second kappa shape index (κ2) is 10.7. The number of rotatable bonds is 8. The summed E-state index contributed by atoms with van der Waals surface area (Å²) < 4.78 is 15.6. The molecule has 0 aliphatic carbocycles. The summed E-state index contributed by atoms with van der Waals surface area (Å²) in [6.07, 6.45) is 7.83. The van der Waals surface area contributed by atoms with Crippen LogP contribution in [0.25, 0.3) is 11.1 Å². The molecule has 0 spiro atoms. The number of pyridine rings is 2. The lowest BCUT2D eigenvalue weighted by Gasteiger charge is -2.21. The predicted octanol–water partition coefficient (Wildman–Crippen LogP) is 3.96. The number of halogens is 1. The van der Waals surface area contributed by atoms with E-state index in [1.54, 1.807) is 35.3 Å². The molecule has 176 valence electrons. The average Bonchev–Trinajstić information content (AvgIpc) is 3.31. The minimum Gasteiger partial charge on any atom is -0.309 e. The number of hydrogen-bond donors (Lipinski definition) is 2. The Kier molecular flexibility index (Phi) is 7.24. The van der Waals surface area contributed by atoms with Gasteiger partial charge in [-0.25, -0.2) is 9.37 Å². The van der Waals surface area contributed by atoms with E-state index in [0.29, 0.717) is 23.5 Å². The smallest absolute Gasteiger partial charge is 0.247 e. The van der Waals surface area contributed by atoms with Crippen LogP contribution in [-0.4, -0.2) is 32.2 Å². The Bertz CT molecular complexity index is 1340. The van der Waals surface area contributed by atoms with E-state index in [4.69, 9.17) is 5.26 Å². The van der Waals surface area contributed by atoms with E-state index in [0.717, 1.165) is 22.9 Å². The number of nitrogens with one attached hydrogen (secondary N) is 2. The van der Waals surface area contributed by atoms with Gasteiger partial charge in [0, 0.05) is 43.3 Å². The van der Waals surface area contributed by atoms with Crippen LogP contribution in [0, 0.1) is 17.1 Å². The highest BCUT2D eigenvalue weighted by atomic mass is 19.1. The Hall–Kier alpha value is -4.42. The summed E-state index contributed by atoms with van der Waals surface area (Å²) >= 11 is 0. The molecule has 3 heterocycles. The van der Waals surface area contributed by atoms with Gasteiger partial charge in [-0.3, -0.25) is 14.5 Å². The van der Waals surface area contributed by atoms with E-state index in [1.165, 1.54) is 12.3 Å². The lowest BCUT2D eigenvalue weighted by atomic mass is 9.99. The van der Waals surface area contributed by atoms with Gasteiger partial charge in [0.2, 0.25) is 5.91 Å². The van der Waals surface area contributed by atoms with Crippen molar-refractivity contribution in [1.82, 2.24) is 25.1 Å². The normalized spacial score (nSPS) is 12.5. The summed E-state index contributed by atoms with van der Waals surface area (Å²) in [5.41, 5.74) is 3.79. The fraction of sp³-hybridized carbons (Fsp3) is 0.192. The van der Waals surface area contributed by atoms with Gasteiger partial charge in [0.15, 0.2) is 0 Å². The first-order valence-corrected chi connectivity index (χ1v) is 11.0. The van der Waals surface area contributed by atoms with Crippen molar-refractivity contribution in [3.05, 3.63) is 96.0 Å². The number of carbonyl (C=O) groups is 1. The second-order valence-corrected chi connectivity index (χ2v) is 8.24. The molecular formula is C26H24FN7O. The molecule has 4 rings (SSSR count). The van der Waals surface area contributed by atoms with E-state index < -0.39 is 11.9 Å². The fourth-order valence-electron chi connectivity index (χ4n) is 3.65. The van der Waals surface area contributed by atoms with Gasteiger partial charge in [-0.05, 0) is 47.4 Å². The molecule has 1 aromatic carbocycles. The number of nitrogens with zero attached hydrogens (tertiary/aromatic N) is 5. The maximum Gasteiger partial charge on any atom is 0.247 e. The number of aryl methyl sites for hydroxylation is 1. The van der Waals surface area contributed by atoms with E-state index in [-0.39, 0.29) is 11.8 Å². The van der Waals surface area contributed by atoms with Gasteiger partial charge in [-0.1, -0.05) is 19.1 Å². The SMILES string of the molecule is CC(CN[C@H](C(=O)Nc1ccc(-c2cnn(C)c2)cn1)c1cncc(F)c1)c1ccc(C#N)cc1. The first-order chi connectivity index (χ1) is 16.9. The number of hydrogen-bond acceptors (Lipinski definition) is 6. The maximum atomic E-state index is 13.9. The molecule has 2 N–H and O–H groups in total. The Morgan fingerprint density at radius 2 is 1.89 bits per heavy atom. The van der Waals surface area contributed by atoms with E-state index in [1.807, 2.05) is 38.4 Å². The molecule has 1 amide bonds. The van der Waals surface area contributed by atoms with Crippen molar-refractivity contribution in [2.45, 2.75) is 18.9 Å². The monoisotopic (exact) mass is 469 g/mol. The van der Waals surface area contributed by atoms with Crippen LogP contribution in [0.3, 0.4) is 0 Å². The third kappa shape index (κ3) is 5.93. The van der Waals surface area contributed by atoms with Gasteiger partial charge in [0.25, 0.3) is 0 Å². The summed E-state index contributed by atoms with van der Waals surface area (Å²) in [5.74, 6) is -0.498. The second-order valence-electron chi connectivity index (χ2n) is 8.24. The molecule has 4 aromatic rings. The first kappa shape index (κ1) is 23.7. The molecule has 8 nitrogen and oxygen atoms in total. The van der Waals surface area contributed by atoms with Crippen LogP contribution < -0.4 is 10.6 Å². The van der Waals surface area contributed by atoms with Crippen LogP contribution in [0.4, 0.5) is 10.2 Å². The Morgan fingerprint density at radius 1 is 1.09 bits per heavy atom. The summed E-state index contributed by atoms with van der Waals surface area (Å²) in [7, 11) is 1.84. The van der Waals surface area contributed by atoms with E-state index in [9.17, 15) is 9.18 Å². The summed E-state index contributed by atoms with van der Waals surface area (Å²) in [4.78, 5) is 21.4. The first-order valence-electron chi connectivity index (χ1n) is 11.0. The van der Waals surface area contributed by atoms with Crippen molar-refractivity contribution in [2.24, 2.45) is 7.05 Å². The Labute approximate surface area is 202 Å². The molecule has 0 aliphatic rings. The van der Waals surface area contributed by atoms with Crippen molar-refractivity contribution in [3.63, 3.8) is 0 Å². The average molecular weight is 470 g/mol. The zero-order valence-electron chi connectivity index (χ0n) is 19.3. The minimum absolute atomic E-state index is 0.0384. The number of amides is 1. The maximum absolute atomic E-state index is 13.9. The highest BCUT2D eigenvalue weighted by molar-refractivity contribution is 5.94. The topological polar surface area (TPSA) is 109 Å². The van der Waals surface area contributed by atoms with Crippen LogP contribution in [0.1, 0.15) is 35.6 Å². The van der Waals surface area contributed by atoms with Crippen molar-refractivity contribution in [3.8, 4) is 17.2 Å². The molecule has 3 aromatic heterocycles. The molecule has 35 heavy (non-hydrogen) atoms. The molecule has 0 fully saturated rings. The van der Waals surface area contributed by atoms with Crippen LogP contribution >= 0.6 is 0 Å². The molecule has 0 radical (unpaired) electrons. The van der Waals surface area contributed by atoms with Gasteiger partial charge in [0.05, 0.1) is 24.0 Å².